The average Bonchev–Trinajstić information content (AvgIpc) is 2.14. The summed E-state index contributed by atoms with van der Waals surface area (Å²) >= 11 is 0. The molecule has 0 rings (SSSR count). The monoisotopic (exact) mass is 226 g/mol. The topological polar surface area (TPSA) is 73.1 Å². The molecule has 0 amide bonds. The zero-order valence-electron chi connectivity index (χ0n) is 9.86. The first kappa shape index (κ1) is 14.6. The van der Waals surface area contributed by atoms with Gasteiger partial charge in [-0.1, -0.05) is 6.58 Å². The molecule has 0 aliphatic heterocycles. The maximum atomic E-state index is 10.4. The minimum atomic E-state index is -1.05. The highest BCUT2D eigenvalue weighted by molar-refractivity contribution is 5.65. The minimum absolute atomic E-state index is 0.00902. The van der Waals surface area contributed by atoms with Crippen LogP contribution in [0.5, 0.6) is 0 Å². The Hall–Kier alpha value is -1.38. The fourth-order valence-corrected chi connectivity index (χ4v) is 1.25. The predicted octanol–water partition coefficient (Wildman–Crippen LogP) is -0.701. The van der Waals surface area contributed by atoms with Gasteiger partial charge in [0.25, 0.3) is 0 Å². The van der Waals surface area contributed by atoms with Crippen LogP contribution >= 0.6 is 0 Å². The molecule has 16 heavy (non-hydrogen) atoms. The fourth-order valence-electron chi connectivity index (χ4n) is 1.25. The first-order chi connectivity index (χ1) is 7.37. The summed E-state index contributed by atoms with van der Waals surface area (Å²) in [6.07, 6.45) is 0.735. The van der Waals surface area contributed by atoms with Crippen LogP contribution in [0.4, 0.5) is 0 Å². The third-order valence-corrected chi connectivity index (χ3v) is 2.04. The summed E-state index contributed by atoms with van der Waals surface area (Å²) in [4.78, 5) is 10.4. The quantitative estimate of drug-likeness (QED) is 0.311. The third-order valence-electron chi connectivity index (χ3n) is 2.04. The Morgan fingerprint density at radius 2 is 2.19 bits per heavy atom. The third kappa shape index (κ3) is 7.97. The number of carbonyl (C=O) groups excluding carboxylic acids is 1. The van der Waals surface area contributed by atoms with E-state index in [2.05, 4.69) is 6.58 Å². The number of nitrogens with zero attached hydrogens (tertiary/aromatic N) is 2. The standard InChI is InChI=1S/C11H18N2O3/c1-10(7-12)9-16-6-4-5-13(2,3)8-11(14)15/h1,4-6,8-9H2,2-3H3. The Kier molecular flexibility index (Phi) is 6.38. The highest BCUT2D eigenvalue weighted by atomic mass is 16.5. The van der Waals surface area contributed by atoms with E-state index in [1.165, 1.54) is 0 Å². The highest BCUT2D eigenvalue weighted by Gasteiger charge is 2.14. The van der Waals surface area contributed by atoms with Crippen LogP contribution in [0.25, 0.3) is 0 Å². The molecule has 0 atom stereocenters. The van der Waals surface area contributed by atoms with Gasteiger partial charge in [0.05, 0.1) is 45.9 Å². The second-order valence-electron chi connectivity index (χ2n) is 4.31. The van der Waals surface area contributed by atoms with Crippen LogP contribution in [0, 0.1) is 11.3 Å². The molecule has 0 unspecified atom stereocenters. The van der Waals surface area contributed by atoms with E-state index in [0.717, 1.165) is 6.42 Å². The Labute approximate surface area is 96.1 Å². The number of nitriles is 1. The first-order valence-electron chi connectivity index (χ1n) is 5.05. The molecule has 0 N–H and O–H groups in total. The van der Waals surface area contributed by atoms with E-state index in [0.29, 0.717) is 23.2 Å². The summed E-state index contributed by atoms with van der Waals surface area (Å²) in [6, 6.07) is 1.89. The molecule has 0 aliphatic carbocycles. The SMILES string of the molecule is C=C(C#N)COCCC[N+](C)(C)CC(=O)[O-]. The molecular weight excluding hydrogens is 208 g/mol. The zero-order valence-corrected chi connectivity index (χ0v) is 9.86. The highest BCUT2D eigenvalue weighted by Crippen LogP contribution is 1.99. The first-order valence-corrected chi connectivity index (χ1v) is 5.05. The normalized spacial score (nSPS) is 10.8. The largest absolute Gasteiger partial charge is 0.544 e. The van der Waals surface area contributed by atoms with Crippen LogP contribution in [0.3, 0.4) is 0 Å². The molecule has 0 fully saturated rings. The van der Waals surface area contributed by atoms with Gasteiger partial charge >= 0.3 is 0 Å². The van der Waals surface area contributed by atoms with Crippen LogP contribution in [-0.4, -0.2) is 50.9 Å². The van der Waals surface area contributed by atoms with E-state index < -0.39 is 5.97 Å². The Bertz CT molecular complexity index is 292. The Morgan fingerprint density at radius 1 is 1.56 bits per heavy atom. The molecular formula is C11H18N2O3. The number of hydrogen-bond acceptors (Lipinski definition) is 4. The van der Waals surface area contributed by atoms with Gasteiger partial charge in [-0.2, -0.15) is 5.26 Å². The Morgan fingerprint density at radius 3 is 2.69 bits per heavy atom. The molecule has 0 aromatic heterocycles. The number of aliphatic carboxylic acids is 1. The summed E-state index contributed by atoms with van der Waals surface area (Å²) in [6.45, 7) is 4.90. The number of carbonyl (C=O) groups is 1. The van der Waals surface area contributed by atoms with Crippen molar-refractivity contribution in [2.45, 2.75) is 6.42 Å². The van der Waals surface area contributed by atoms with Crippen molar-refractivity contribution in [2.75, 3.05) is 40.4 Å². The molecule has 0 aromatic carbocycles. The van der Waals surface area contributed by atoms with E-state index >= 15 is 0 Å². The lowest BCUT2D eigenvalue weighted by atomic mass is 10.3. The smallest absolute Gasteiger partial charge is 0.119 e. The molecule has 0 spiro atoms. The van der Waals surface area contributed by atoms with E-state index in [1.807, 2.05) is 20.2 Å². The van der Waals surface area contributed by atoms with Gasteiger partial charge in [0.2, 0.25) is 0 Å². The lowest BCUT2D eigenvalue weighted by molar-refractivity contribution is -0.885. The van der Waals surface area contributed by atoms with Gasteiger partial charge in [-0.05, 0) is 0 Å². The van der Waals surface area contributed by atoms with Gasteiger partial charge in [0.15, 0.2) is 0 Å². The minimum Gasteiger partial charge on any atom is -0.544 e. The fraction of sp³-hybridized carbons (Fsp3) is 0.636. The number of carboxylic acids is 1. The van der Waals surface area contributed by atoms with Crippen LogP contribution in [-0.2, 0) is 9.53 Å². The molecule has 0 saturated carbocycles. The van der Waals surface area contributed by atoms with Gasteiger partial charge < -0.3 is 19.1 Å². The number of likely N-dealkylation sites (N-methyl/N-ethyl adjacent to an activating group) is 1. The van der Waals surface area contributed by atoms with Crippen molar-refractivity contribution in [3.63, 3.8) is 0 Å². The van der Waals surface area contributed by atoms with Gasteiger partial charge in [0, 0.05) is 12.0 Å². The number of carboxylic acid groups (broad SMARTS) is 1. The van der Waals surface area contributed by atoms with Crippen molar-refractivity contribution >= 4 is 5.97 Å². The molecule has 90 valence electrons. The molecule has 0 saturated heterocycles. The van der Waals surface area contributed by atoms with Gasteiger partial charge in [0.1, 0.15) is 6.54 Å². The lowest BCUT2D eigenvalue weighted by Gasteiger charge is -2.29. The number of rotatable bonds is 8. The number of quaternary nitrogens is 1. The summed E-state index contributed by atoms with van der Waals surface area (Å²) in [5, 5.41) is 18.8. The second-order valence-corrected chi connectivity index (χ2v) is 4.31. The van der Waals surface area contributed by atoms with E-state index in [4.69, 9.17) is 10.00 Å². The summed E-state index contributed by atoms with van der Waals surface area (Å²) < 4.78 is 5.56. The van der Waals surface area contributed by atoms with Crippen LogP contribution in [0.15, 0.2) is 12.2 Å². The van der Waals surface area contributed by atoms with E-state index in [1.54, 1.807) is 0 Å². The van der Waals surface area contributed by atoms with Crippen molar-refractivity contribution in [1.29, 1.82) is 5.26 Å². The van der Waals surface area contributed by atoms with Crippen LogP contribution in [0.1, 0.15) is 6.42 Å². The zero-order chi connectivity index (χ0) is 12.6. The Balaban J connectivity index is 3.62. The van der Waals surface area contributed by atoms with Crippen molar-refractivity contribution in [2.24, 2.45) is 0 Å². The lowest BCUT2D eigenvalue weighted by Crippen LogP contribution is -2.48. The van der Waals surface area contributed by atoms with Gasteiger partial charge in [-0.25, -0.2) is 0 Å². The van der Waals surface area contributed by atoms with Crippen molar-refractivity contribution in [1.82, 2.24) is 0 Å². The molecule has 0 aromatic rings. The molecule has 0 heterocycles. The van der Waals surface area contributed by atoms with Crippen LogP contribution in [0.2, 0.25) is 0 Å². The number of ether oxygens (including phenoxy) is 1. The number of hydrogen-bond donors (Lipinski definition) is 0. The van der Waals surface area contributed by atoms with Crippen molar-refractivity contribution in [3.8, 4) is 6.07 Å². The van der Waals surface area contributed by atoms with Gasteiger partial charge in [-0.3, -0.25) is 0 Å². The summed E-state index contributed by atoms with van der Waals surface area (Å²) in [7, 11) is 3.65. The molecule has 0 bridgehead atoms. The second kappa shape index (κ2) is 6.99. The van der Waals surface area contributed by atoms with Crippen molar-refractivity contribution < 1.29 is 19.1 Å². The molecule has 5 nitrogen and oxygen atoms in total. The van der Waals surface area contributed by atoms with E-state index in [-0.39, 0.29) is 13.2 Å². The predicted molar refractivity (Wildman–Crippen MR) is 57.0 cm³/mol. The summed E-state index contributed by atoms with van der Waals surface area (Å²) in [5.74, 6) is -1.05. The molecule has 0 radical (unpaired) electrons. The average molecular weight is 226 g/mol. The van der Waals surface area contributed by atoms with Crippen LogP contribution < -0.4 is 5.11 Å². The molecule has 0 aliphatic rings. The van der Waals surface area contributed by atoms with Crippen molar-refractivity contribution in [3.05, 3.63) is 12.2 Å². The molecule has 5 heteroatoms. The maximum Gasteiger partial charge on any atom is 0.119 e. The van der Waals surface area contributed by atoms with E-state index in [9.17, 15) is 9.90 Å². The van der Waals surface area contributed by atoms with Gasteiger partial charge in [-0.15, -0.1) is 0 Å². The maximum absolute atomic E-state index is 10.4. The summed E-state index contributed by atoms with van der Waals surface area (Å²) in [5.41, 5.74) is 0.392.